The molecule has 0 aromatic carbocycles. The highest BCUT2D eigenvalue weighted by Gasteiger charge is 2.03. The fourth-order valence-electron chi connectivity index (χ4n) is 1.52. The second-order valence-corrected chi connectivity index (χ2v) is 4.59. The molecule has 0 saturated carbocycles. The molecule has 21 heavy (non-hydrogen) atoms. The summed E-state index contributed by atoms with van der Waals surface area (Å²) in [5, 5.41) is 14.2. The largest absolute Gasteiger partial charge is 0.399 e. The van der Waals surface area contributed by atoms with Crippen molar-refractivity contribution < 1.29 is 1.43 Å². The Morgan fingerprint density at radius 2 is 1.76 bits per heavy atom. The highest BCUT2D eigenvalue weighted by molar-refractivity contribution is 6.49. The first-order valence-corrected chi connectivity index (χ1v) is 7.04. The summed E-state index contributed by atoms with van der Waals surface area (Å²) in [4.78, 5) is 2.09. The van der Waals surface area contributed by atoms with E-state index in [0.29, 0.717) is 5.70 Å². The first-order chi connectivity index (χ1) is 9.90. The van der Waals surface area contributed by atoms with Gasteiger partial charge in [0.05, 0.1) is 11.4 Å². The predicted molar refractivity (Wildman–Crippen MR) is 93.8 cm³/mol. The predicted octanol–water partition coefficient (Wildman–Crippen LogP) is 2.43. The highest BCUT2D eigenvalue weighted by atomic mass is 15.1. The van der Waals surface area contributed by atoms with E-state index in [-0.39, 0.29) is 18.9 Å². The Morgan fingerprint density at radius 1 is 1.14 bits per heavy atom. The summed E-state index contributed by atoms with van der Waals surface area (Å²) in [6.07, 6.45) is 11.8. The van der Waals surface area contributed by atoms with Gasteiger partial charge in [-0.25, -0.2) is 0 Å². The van der Waals surface area contributed by atoms with Crippen molar-refractivity contribution in [2.24, 2.45) is 11.5 Å². The Morgan fingerprint density at radius 3 is 2.14 bits per heavy atom. The summed E-state index contributed by atoms with van der Waals surface area (Å²) in [5.74, 6) is 0. The number of rotatable bonds is 1. The van der Waals surface area contributed by atoms with Crippen LogP contribution in [-0.4, -0.2) is 36.5 Å². The van der Waals surface area contributed by atoms with Gasteiger partial charge in [-0.05, 0) is 30.7 Å². The Labute approximate surface area is 129 Å². The van der Waals surface area contributed by atoms with Crippen LogP contribution in [0.4, 0.5) is 0 Å². The van der Waals surface area contributed by atoms with E-state index in [0.717, 1.165) is 6.42 Å². The third-order valence-electron chi connectivity index (χ3n) is 2.67. The van der Waals surface area contributed by atoms with E-state index in [1.807, 2.05) is 34.0 Å². The zero-order valence-electron chi connectivity index (χ0n) is 13.4. The molecule has 0 heterocycles. The minimum absolute atomic E-state index is 0. The fourth-order valence-corrected chi connectivity index (χ4v) is 1.52. The van der Waals surface area contributed by atoms with E-state index >= 15 is 0 Å². The molecule has 5 nitrogen and oxygen atoms in total. The molecule has 6 N–H and O–H groups in total. The molecular formula is C16H29N5. The lowest BCUT2D eigenvalue weighted by Crippen LogP contribution is -2.20. The van der Waals surface area contributed by atoms with E-state index in [4.69, 9.17) is 22.3 Å². The molecule has 0 fully saturated rings. The monoisotopic (exact) mass is 291 g/mol. The van der Waals surface area contributed by atoms with Crippen LogP contribution in [0.25, 0.3) is 0 Å². The van der Waals surface area contributed by atoms with Gasteiger partial charge in [0.2, 0.25) is 0 Å². The van der Waals surface area contributed by atoms with E-state index in [1.54, 1.807) is 6.08 Å². The third-order valence-corrected chi connectivity index (χ3v) is 2.67. The van der Waals surface area contributed by atoms with Crippen molar-refractivity contribution >= 4 is 11.4 Å². The average molecular weight is 291 g/mol. The minimum atomic E-state index is 0. The zero-order valence-corrected chi connectivity index (χ0v) is 13.4. The van der Waals surface area contributed by atoms with Crippen molar-refractivity contribution in [3.63, 3.8) is 0 Å². The lowest BCUT2D eigenvalue weighted by molar-refractivity contribution is 0.521. The number of nitrogens with two attached hydrogens (primary N) is 2. The van der Waals surface area contributed by atoms with Crippen molar-refractivity contribution in [3.05, 3.63) is 47.9 Å². The molecule has 0 aromatic heterocycles. The van der Waals surface area contributed by atoms with Gasteiger partial charge in [-0.1, -0.05) is 26.0 Å². The lowest BCUT2D eigenvalue weighted by atomic mass is 10.1. The van der Waals surface area contributed by atoms with Gasteiger partial charge >= 0.3 is 0 Å². The van der Waals surface area contributed by atoms with E-state index < -0.39 is 0 Å². The average Bonchev–Trinajstić information content (AvgIpc) is 2.46. The van der Waals surface area contributed by atoms with Crippen molar-refractivity contribution in [2.45, 2.75) is 26.3 Å². The number of allylic oxidation sites excluding steroid dienone is 4. The maximum absolute atomic E-state index is 7.09. The van der Waals surface area contributed by atoms with E-state index in [2.05, 4.69) is 17.1 Å². The third kappa shape index (κ3) is 7.27. The number of hydrogen-bond donors (Lipinski definition) is 4. The molecule has 118 valence electrons. The normalized spacial score (nSPS) is 19.6. The van der Waals surface area contributed by atoms with Gasteiger partial charge in [-0.2, -0.15) is 0 Å². The lowest BCUT2D eigenvalue weighted by Gasteiger charge is -2.18. The number of hydrogen-bond acceptors (Lipinski definition) is 5. The number of nitrogens with zero attached hydrogens (tertiary/aromatic N) is 1. The zero-order chi connectivity index (χ0) is 16.4. The van der Waals surface area contributed by atoms with Crippen LogP contribution in [0, 0.1) is 10.8 Å². The smallest absolute Gasteiger partial charge is 0.0809 e. The molecule has 1 atom stereocenters. The highest BCUT2D eigenvalue weighted by Crippen LogP contribution is 2.09. The minimum Gasteiger partial charge on any atom is -0.399 e. The first kappa shape index (κ1) is 18.9. The topological polar surface area (TPSA) is 103 Å². The van der Waals surface area contributed by atoms with Crippen molar-refractivity contribution in [1.82, 2.24) is 4.90 Å². The molecule has 0 radical (unpaired) electrons. The standard InChI is InChI=1S/C8H14N2.C6H7N3.C2H6.H2/c1-10(2)8-5-3-7(9)4-6-8;7-4-1-2-5(8)6(9)3-4;1-2;/h3,5-7H,4,9H2,1-2H3;1-3,8-9H,7H2;1-2H3;1H. The Hall–Kier alpha value is -2.14. The molecule has 2 aliphatic carbocycles. The molecule has 2 aliphatic rings. The van der Waals surface area contributed by atoms with Gasteiger partial charge in [-0.15, -0.1) is 0 Å². The first-order valence-electron chi connectivity index (χ1n) is 7.04. The molecule has 0 aromatic rings. The summed E-state index contributed by atoms with van der Waals surface area (Å²) >= 11 is 0. The van der Waals surface area contributed by atoms with Crippen molar-refractivity contribution in [3.8, 4) is 0 Å². The molecule has 0 saturated heterocycles. The second-order valence-electron chi connectivity index (χ2n) is 4.59. The van der Waals surface area contributed by atoms with Crippen molar-refractivity contribution in [1.29, 1.82) is 10.8 Å². The summed E-state index contributed by atoms with van der Waals surface area (Å²) in [5.41, 5.74) is 13.1. The van der Waals surface area contributed by atoms with Crippen LogP contribution in [0.1, 0.15) is 21.7 Å². The van der Waals surface area contributed by atoms with Gasteiger partial charge in [0.25, 0.3) is 0 Å². The van der Waals surface area contributed by atoms with Gasteiger partial charge in [0.15, 0.2) is 0 Å². The fraction of sp³-hybridized carbons (Fsp3) is 0.375. The van der Waals surface area contributed by atoms with Crippen LogP contribution in [-0.2, 0) is 0 Å². The number of likely N-dealkylation sites (N-methyl/N-ethyl adjacent to an activating group) is 1. The summed E-state index contributed by atoms with van der Waals surface area (Å²) in [6.45, 7) is 4.00. The molecule has 0 spiro atoms. The maximum Gasteiger partial charge on any atom is 0.0809 e. The maximum atomic E-state index is 7.09. The summed E-state index contributed by atoms with van der Waals surface area (Å²) in [6, 6.07) is 0.226. The van der Waals surface area contributed by atoms with E-state index in [1.165, 1.54) is 17.8 Å². The molecule has 0 amide bonds. The van der Waals surface area contributed by atoms with Crippen LogP contribution < -0.4 is 11.5 Å². The van der Waals surface area contributed by atoms with Gasteiger partial charge in [0.1, 0.15) is 0 Å². The second kappa shape index (κ2) is 9.72. The van der Waals surface area contributed by atoms with Crippen LogP contribution in [0.15, 0.2) is 47.9 Å². The Bertz CT molecular complexity index is 487. The van der Waals surface area contributed by atoms with Crippen LogP contribution in [0.2, 0.25) is 0 Å². The van der Waals surface area contributed by atoms with Gasteiger partial charge in [0, 0.05) is 33.0 Å². The van der Waals surface area contributed by atoms with Gasteiger partial charge in [-0.3, -0.25) is 10.8 Å². The summed E-state index contributed by atoms with van der Waals surface area (Å²) < 4.78 is 0. The molecule has 0 aliphatic heterocycles. The summed E-state index contributed by atoms with van der Waals surface area (Å²) in [7, 11) is 4.07. The number of nitrogens with one attached hydrogen (secondary N) is 2. The molecular weight excluding hydrogens is 262 g/mol. The molecule has 1 unspecified atom stereocenters. The van der Waals surface area contributed by atoms with Gasteiger partial charge < -0.3 is 16.4 Å². The Balaban J connectivity index is 0. The van der Waals surface area contributed by atoms with Crippen LogP contribution in [0.3, 0.4) is 0 Å². The van der Waals surface area contributed by atoms with Crippen LogP contribution in [0.5, 0.6) is 0 Å². The Kier molecular flexibility index (Phi) is 8.73. The molecule has 2 rings (SSSR count). The molecule has 5 heteroatoms. The van der Waals surface area contributed by atoms with E-state index in [9.17, 15) is 0 Å². The van der Waals surface area contributed by atoms with Crippen LogP contribution >= 0.6 is 0 Å². The molecule has 0 bridgehead atoms. The quantitative estimate of drug-likeness (QED) is 0.558. The van der Waals surface area contributed by atoms with Crippen molar-refractivity contribution in [2.75, 3.05) is 14.1 Å². The SMILES string of the molecule is CC.CN(C)C1=CCC(N)C=C1.N=C1C=CC(N)=CC1=N.[HH].